The van der Waals surface area contributed by atoms with Crippen LogP contribution in [0.1, 0.15) is 5.56 Å². The maximum Gasteiger partial charge on any atom is 0.263 e. The van der Waals surface area contributed by atoms with E-state index in [0.717, 1.165) is 5.56 Å². The molecule has 7 nitrogen and oxygen atoms in total. The molecular formula is C13H14ClN3O4S. The summed E-state index contributed by atoms with van der Waals surface area (Å²) in [6, 6.07) is 5.31. The van der Waals surface area contributed by atoms with E-state index in [1.807, 2.05) is 0 Å². The second-order valence-corrected chi connectivity index (χ2v) is 7.22. The predicted molar refractivity (Wildman–Crippen MR) is 79.4 cm³/mol. The zero-order valence-corrected chi connectivity index (χ0v) is 13.6. The van der Waals surface area contributed by atoms with Gasteiger partial charge in [-0.25, -0.2) is 13.4 Å². The van der Waals surface area contributed by atoms with E-state index in [0.29, 0.717) is 11.5 Å². The molecule has 1 aromatic carbocycles. The molecule has 118 valence electrons. The zero-order valence-electron chi connectivity index (χ0n) is 12.0. The Balaban J connectivity index is 1.85. The summed E-state index contributed by atoms with van der Waals surface area (Å²) in [5.41, 5.74) is 0.780. The summed E-state index contributed by atoms with van der Waals surface area (Å²) in [5.74, 6) is 1.26. The Bertz CT molecular complexity index is 819. The van der Waals surface area contributed by atoms with Crippen molar-refractivity contribution < 1.29 is 17.9 Å². The van der Waals surface area contributed by atoms with Crippen LogP contribution < -0.4 is 9.47 Å². The molecule has 3 rings (SSSR count). The third-order valence-corrected chi connectivity index (χ3v) is 5.63. The first kappa shape index (κ1) is 15.1. The summed E-state index contributed by atoms with van der Waals surface area (Å²) in [5, 5.41) is -0.0718. The molecule has 1 aliphatic rings. The third-order valence-electron chi connectivity index (χ3n) is 3.33. The number of fused-ring (bicyclic) bond motifs is 1. The molecule has 0 saturated carbocycles. The predicted octanol–water partition coefficient (Wildman–Crippen LogP) is 1.62. The molecular weight excluding hydrogens is 330 g/mol. The monoisotopic (exact) mass is 343 g/mol. The van der Waals surface area contributed by atoms with Crippen molar-refractivity contribution in [1.29, 1.82) is 0 Å². The van der Waals surface area contributed by atoms with E-state index in [2.05, 4.69) is 4.98 Å². The number of rotatable bonds is 4. The fourth-order valence-corrected chi connectivity index (χ4v) is 3.63. The number of hydrogen-bond donors (Lipinski definition) is 0. The first-order chi connectivity index (χ1) is 10.4. The Hall–Kier alpha value is -1.77. The molecule has 0 spiro atoms. The van der Waals surface area contributed by atoms with Crippen molar-refractivity contribution in [2.75, 3.05) is 13.8 Å². The molecule has 0 atom stereocenters. The molecule has 0 bridgehead atoms. The molecule has 1 aromatic heterocycles. The van der Waals surface area contributed by atoms with Gasteiger partial charge in [0.25, 0.3) is 10.0 Å². The number of hydrogen-bond acceptors (Lipinski definition) is 5. The molecule has 0 amide bonds. The summed E-state index contributed by atoms with van der Waals surface area (Å²) < 4.78 is 38.2. The fraction of sp³-hybridized carbons (Fsp3) is 0.308. The van der Waals surface area contributed by atoms with Crippen molar-refractivity contribution in [3.8, 4) is 11.5 Å². The van der Waals surface area contributed by atoms with Crippen LogP contribution in [0.5, 0.6) is 11.5 Å². The van der Waals surface area contributed by atoms with E-state index in [1.165, 1.54) is 22.2 Å². The van der Waals surface area contributed by atoms with Gasteiger partial charge in [0.05, 0.1) is 6.33 Å². The Morgan fingerprint density at radius 2 is 2.09 bits per heavy atom. The lowest BCUT2D eigenvalue weighted by atomic mass is 10.2. The molecule has 9 heteroatoms. The molecule has 1 aliphatic heterocycles. The molecule has 0 radical (unpaired) electrons. The van der Waals surface area contributed by atoms with Crippen molar-refractivity contribution in [1.82, 2.24) is 13.9 Å². The lowest BCUT2D eigenvalue weighted by Crippen LogP contribution is -2.27. The maximum absolute atomic E-state index is 12.5. The molecule has 2 heterocycles. The topological polar surface area (TPSA) is 73.7 Å². The van der Waals surface area contributed by atoms with Gasteiger partial charge in [-0.3, -0.25) is 0 Å². The highest BCUT2D eigenvalue weighted by Crippen LogP contribution is 2.33. The fourth-order valence-electron chi connectivity index (χ4n) is 2.10. The van der Waals surface area contributed by atoms with Crippen LogP contribution in [0.2, 0.25) is 5.15 Å². The highest BCUT2D eigenvalue weighted by molar-refractivity contribution is 7.89. The Morgan fingerprint density at radius 1 is 1.36 bits per heavy atom. The number of halogens is 1. The van der Waals surface area contributed by atoms with Gasteiger partial charge in [-0.2, -0.15) is 4.31 Å². The standard InChI is InChI=1S/C13H14ClN3O4S/c1-16-7-15-13(12(16)14)22(18,19)17(2)6-9-3-4-10-11(5-9)21-8-20-10/h3-5,7H,6,8H2,1-2H3. The number of imidazole rings is 1. The first-order valence-electron chi connectivity index (χ1n) is 6.41. The van der Waals surface area contributed by atoms with Gasteiger partial charge in [-0.05, 0) is 17.7 Å². The van der Waals surface area contributed by atoms with Crippen molar-refractivity contribution >= 4 is 21.6 Å². The van der Waals surface area contributed by atoms with Gasteiger partial charge in [0.2, 0.25) is 11.8 Å². The zero-order chi connectivity index (χ0) is 15.9. The van der Waals surface area contributed by atoms with E-state index in [1.54, 1.807) is 25.2 Å². The van der Waals surface area contributed by atoms with E-state index in [4.69, 9.17) is 21.1 Å². The Labute approximate surface area is 133 Å². The van der Waals surface area contributed by atoms with E-state index in [9.17, 15) is 8.42 Å². The summed E-state index contributed by atoms with van der Waals surface area (Å²) in [4.78, 5) is 3.86. The minimum Gasteiger partial charge on any atom is -0.454 e. The minimum absolute atomic E-state index is 0.0811. The van der Waals surface area contributed by atoms with E-state index < -0.39 is 10.0 Å². The lowest BCUT2D eigenvalue weighted by Gasteiger charge is -2.16. The highest BCUT2D eigenvalue weighted by atomic mass is 35.5. The van der Waals surface area contributed by atoms with Gasteiger partial charge in [-0.1, -0.05) is 17.7 Å². The van der Waals surface area contributed by atoms with Crippen LogP contribution in [0.25, 0.3) is 0 Å². The number of nitrogens with zero attached hydrogens (tertiary/aromatic N) is 3. The molecule has 0 N–H and O–H groups in total. The average Bonchev–Trinajstić information content (AvgIpc) is 3.06. The van der Waals surface area contributed by atoms with E-state index >= 15 is 0 Å². The summed E-state index contributed by atoms with van der Waals surface area (Å²) >= 11 is 5.98. The van der Waals surface area contributed by atoms with Gasteiger partial charge in [0.15, 0.2) is 11.5 Å². The summed E-state index contributed by atoms with van der Waals surface area (Å²) in [7, 11) is -0.655. The van der Waals surface area contributed by atoms with Gasteiger partial charge in [0, 0.05) is 20.6 Å². The van der Waals surface area contributed by atoms with Crippen molar-refractivity contribution in [3.05, 3.63) is 35.2 Å². The molecule has 0 fully saturated rings. The second-order valence-electron chi connectivity index (χ2n) is 4.90. The SMILES string of the molecule is CN(Cc1ccc2c(c1)OCO2)S(=O)(=O)c1ncn(C)c1Cl. The first-order valence-corrected chi connectivity index (χ1v) is 8.23. The summed E-state index contributed by atoms with van der Waals surface area (Å²) in [6.07, 6.45) is 1.36. The largest absolute Gasteiger partial charge is 0.454 e. The van der Waals surface area contributed by atoms with Gasteiger partial charge >= 0.3 is 0 Å². The number of benzene rings is 1. The molecule has 2 aromatic rings. The van der Waals surface area contributed by atoms with Crippen LogP contribution in [0.4, 0.5) is 0 Å². The number of aryl methyl sites for hydroxylation is 1. The van der Waals surface area contributed by atoms with Crippen molar-refractivity contribution in [2.45, 2.75) is 11.6 Å². The molecule has 0 unspecified atom stereocenters. The minimum atomic E-state index is -3.76. The highest BCUT2D eigenvalue weighted by Gasteiger charge is 2.27. The number of aromatic nitrogens is 2. The maximum atomic E-state index is 12.5. The number of ether oxygens (including phenoxy) is 2. The van der Waals surface area contributed by atoms with E-state index in [-0.39, 0.29) is 23.5 Å². The van der Waals surface area contributed by atoms with Crippen LogP contribution in [-0.4, -0.2) is 36.1 Å². The number of sulfonamides is 1. The second kappa shape index (κ2) is 5.45. The van der Waals surface area contributed by atoms with Crippen LogP contribution >= 0.6 is 11.6 Å². The van der Waals surface area contributed by atoms with Crippen molar-refractivity contribution in [3.63, 3.8) is 0 Å². The smallest absolute Gasteiger partial charge is 0.263 e. The van der Waals surface area contributed by atoms with Crippen LogP contribution in [0, 0.1) is 0 Å². The normalized spacial score (nSPS) is 13.8. The third kappa shape index (κ3) is 2.53. The van der Waals surface area contributed by atoms with Gasteiger partial charge in [-0.15, -0.1) is 0 Å². The van der Waals surface area contributed by atoms with Crippen molar-refractivity contribution in [2.24, 2.45) is 7.05 Å². The quantitative estimate of drug-likeness (QED) is 0.843. The van der Waals surface area contributed by atoms with Crippen LogP contribution in [0.15, 0.2) is 29.6 Å². The molecule has 0 aliphatic carbocycles. The summed E-state index contributed by atoms with van der Waals surface area (Å²) in [6.45, 7) is 0.350. The average molecular weight is 344 g/mol. The van der Waals surface area contributed by atoms with Gasteiger partial charge in [0.1, 0.15) is 5.15 Å². The molecule has 0 saturated heterocycles. The molecule has 22 heavy (non-hydrogen) atoms. The Kier molecular flexibility index (Phi) is 3.75. The van der Waals surface area contributed by atoms with Gasteiger partial charge < -0.3 is 14.0 Å². The lowest BCUT2D eigenvalue weighted by molar-refractivity contribution is 0.174. The van der Waals surface area contributed by atoms with Crippen LogP contribution in [0.3, 0.4) is 0 Å². The Morgan fingerprint density at radius 3 is 2.77 bits per heavy atom. The van der Waals surface area contributed by atoms with Crippen LogP contribution in [-0.2, 0) is 23.6 Å².